The monoisotopic (exact) mass is 369 g/mol. The van der Waals surface area contributed by atoms with Crippen LogP contribution in [0.1, 0.15) is 10.6 Å². The highest BCUT2D eigenvalue weighted by molar-refractivity contribution is 7.96. The van der Waals surface area contributed by atoms with Gasteiger partial charge in [0.05, 0.1) is 15.9 Å². The first-order valence-electron chi connectivity index (χ1n) is 7.97. The van der Waals surface area contributed by atoms with E-state index in [9.17, 15) is 13.2 Å². The van der Waals surface area contributed by atoms with Crippen molar-refractivity contribution in [3.8, 4) is 0 Å². The van der Waals surface area contributed by atoms with Gasteiger partial charge in [0.15, 0.2) is 5.82 Å². The highest BCUT2D eigenvalue weighted by Crippen LogP contribution is 2.24. The van der Waals surface area contributed by atoms with Crippen molar-refractivity contribution in [1.82, 2.24) is 14.5 Å². The van der Waals surface area contributed by atoms with Crippen LogP contribution in [0.5, 0.6) is 0 Å². The summed E-state index contributed by atoms with van der Waals surface area (Å²) in [6.07, 6.45) is 1.32. The zero-order valence-corrected chi connectivity index (χ0v) is 15.6. The average molecular weight is 369 g/mol. The van der Waals surface area contributed by atoms with Gasteiger partial charge in [-0.3, -0.25) is 4.79 Å². The molecule has 0 spiro atoms. The number of para-hydroxylation sites is 2. The zero-order valence-electron chi connectivity index (χ0n) is 14.7. The molecule has 3 rings (SSSR count). The van der Waals surface area contributed by atoms with E-state index in [0.717, 1.165) is 5.52 Å². The van der Waals surface area contributed by atoms with Crippen LogP contribution in [-0.4, -0.2) is 42.7 Å². The van der Waals surface area contributed by atoms with Gasteiger partial charge in [-0.25, -0.2) is 13.4 Å². The highest BCUT2D eigenvalue weighted by atomic mass is 32.2. The van der Waals surface area contributed by atoms with Crippen LogP contribution < -0.4 is 0 Å². The number of hydrogen-bond acceptors (Lipinski definition) is 5. The molecule has 134 valence electrons. The van der Waals surface area contributed by atoms with Crippen LogP contribution in [-0.2, 0) is 16.9 Å². The molecule has 0 radical (unpaired) electrons. The zero-order chi connectivity index (χ0) is 18.9. The molecule has 0 saturated heterocycles. The molecule has 0 saturated carbocycles. The summed E-state index contributed by atoms with van der Waals surface area (Å²) in [6, 6.07) is 15.2. The van der Waals surface area contributed by atoms with E-state index in [0.29, 0.717) is 5.52 Å². The SMILES string of the molecule is CN(C)/C=C(/C(=O)c1nc2ccccc2n1C)S(=O)(=O)c1ccccc1. The number of fused-ring (bicyclic) bond motifs is 1. The summed E-state index contributed by atoms with van der Waals surface area (Å²) in [5.74, 6) is -0.556. The van der Waals surface area contributed by atoms with Crippen LogP contribution in [0.3, 0.4) is 0 Å². The Hall–Kier alpha value is -2.93. The number of imidazole rings is 1. The lowest BCUT2D eigenvalue weighted by molar-refractivity contribution is 0.102. The first-order valence-corrected chi connectivity index (χ1v) is 9.45. The minimum atomic E-state index is -3.98. The van der Waals surface area contributed by atoms with E-state index in [1.165, 1.54) is 23.2 Å². The Bertz CT molecular complexity index is 1100. The summed E-state index contributed by atoms with van der Waals surface area (Å²) in [6.45, 7) is 0. The first kappa shape index (κ1) is 17.9. The van der Waals surface area contributed by atoms with Crippen LogP contribution in [0, 0.1) is 0 Å². The van der Waals surface area contributed by atoms with E-state index in [1.54, 1.807) is 50.0 Å². The summed E-state index contributed by atoms with van der Waals surface area (Å²) < 4.78 is 27.7. The van der Waals surface area contributed by atoms with Gasteiger partial charge >= 0.3 is 0 Å². The van der Waals surface area contributed by atoms with Crippen LogP contribution in [0.4, 0.5) is 0 Å². The standard InChI is InChI=1S/C19H19N3O3S/c1-21(2)13-17(26(24,25)14-9-5-4-6-10-14)18(23)19-20-15-11-7-8-12-16(15)22(19)3/h4-13H,1-3H3/b17-13-. The van der Waals surface area contributed by atoms with Gasteiger partial charge in [-0.2, -0.15) is 0 Å². The van der Waals surface area contributed by atoms with Crippen molar-refractivity contribution in [1.29, 1.82) is 0 Å². The molecule has 0 aliphatic rings. The van der Waals surface area contributed by atoms with Crippen molar-refractivity contribution >= 4 is 26.7 Å². The second-order valence-corrected chi connectivity index (χ2v) is 8.00. The minimum Gasteiger partial charge on any atom is -0.382 e. The number of Topliss-reactive ketones (excluding diaryl/α,β-unsaturated/α-hetero) is 1. The Kier molecular flexibility index (Phi) is 4.65. The number of sulfone groups is 1. The number of allylic oxidation sites excluding steroid dienone is 1. The number of aryl methyl sites for hydroxylation is 1. The molecular formula is C19H19N3O3S. The largest absolute Gasteiger partial charge is 0.382 e. The number of aromatic nitrogens is 2. The van der Waals surface area contributed by atoms with Crippen LogP contribution in [0.25, 0.3) is 11.0 Å². The Balaban J connectivity index is 2.17. The topological polar surface area (TPSA) is 72.3 Å². The number of ketones is 1. The van der Waals surface area contributed by atoms with Crippen LogP contribution in [0.2, 0.25) is 0 Å². The Labute approximate surface area is 152 Å². The predicted octanol–water partition coefficient (Wildman–Crippen LogP) is 2.63. The quantitative estimate of drug-likeness (QED) is 0.511. The maximum atomic E-state index is 13.1. The lowest BCUT2D eigenvalue weighted by atomic mass is 10.3. The third kappa shape index (κ3) is 3.13. The van der Waals surface area contributed by atoms with Gasteiger partial charge in [0.25, 0.3) is 0 Å². The molecule has 0 atom stereocenters. The van der Waals surface area contributed by atoms with Crippen molar-refractivity contribution in [2.75, 3.05) is 14.1 Å². The number of benzene rings is 2. The third-order valence-electron chi connectivity index (χ3n) is 3.93. The second-order valence-electron chi connectivity index (χ2n) is 6.09. The molecule has 1 aromatic heterocycles. The number of carbonyl (C=O) groups is 1. The third-order valence-corrected chi connectivity index (χ3v) is 5.70. The molecule has 1 heterocycles. The molecule has 2 aromatic carbocycles. The maximum absolute atomic E-state index is 13.1. The molecule has 0 unspecified atom stereocenters. The normalized spacial score (nSPS) is 12.3. The molecule has 0 fully saturated rings. The molecular weight excluding hydrogens is 350 g/mol. The molecule has 3 aromatic rings. The highest BCUT2D eigenvalue weighted by Gasteiger charge is 2.31. The van der Waals surface area contributed by atoms with Gasteiger partial charge in [0.1, 0.15) is 4.91 Å². The fourth-order valence-electron chi connectivity index (χ4n) is 2.67. The smallest absolute Gasteiger partial charge is 0.241 e. The number of hydrogen-bond donors (Lipinski definition) is 0. The number of nitrogens with zero attached hydrogens (tertiary/aromatic N) is 3. The van der Waals surface area contributed by atoms with Crippen molar-refractivity contribution in [3.05, 3.63) is 71.5 Å². The van der Waals surface area contributed by atoms with Crippen molar-refractivity contribution in [2.24, 2.45) is 7.05 Å². The minimum absolute atomic E-state index is 0.0696. The first-order chi connectivity index (χ1) is 12.3. The molecule has 0 bridgehead atoms. The van der Waals surface area contributed by atoms with Gasteiger partial charge in [-0.1, -0.05) is 30.3 Å². The van der Waals surface area contributed by atoms with E-state index in [-0.39, 0.29) is 15.6 Å². The molecule has 0 aliphatic carbocycles. The second kappa shape index (κ2) is 6.76. The summed E-state index contributed by atoms with van der Waals surface area (Å²) in [5.41, 5.74) is 1.40. The Morgan fingerprint density at radius 3 is 2.27 bits per heavy atom. The fourth-order valence-corrected chi connectivity index (χ4v) is 4.12. The summed E-state index contributed by atoms with van der Waals surface area (Å²) in [7, 11) is 1.06. The van der Waals surface area contributed by atoms with Gasteiger partial charge in [0.2, 0.25) is 15.6 Å². The maximum Gasteiger partial charge on any atom is 0.241 e. The summed E-state index contributed by atoms with van der Waals surface area (Å²) in [4.78, 5) is 18.8. The molecule has 6 nitrogen and oxygen atoms in total. The van der Waals surface area contributed by atoms with Crippen LogP contribution in [0.15, 0.2) is 70.6 Å². The van der Waals surface area contributed by atoms with Crippen molar-refractivity contribution in [3.63, 3.8) is 0 Å². The van der Waals surface area contributed by atoms with Crippen molar-refractivity contribution < 1.29 is 13.2 Å². The molecule has 0 aliphatic heterocycles. The summed E-state index contributed by atoms with van der Waals surface area (Å²) >= 11 is 0. The Morgan fingerprint density at radius 2 is 1.65 bits per heavy atom. The number of rotatable bonds is 5. The number of carbonyl (C=O) groups excluding carboxylic acids is 1. The fraction of sp³-hybridized carbons (Fsp3) is 0.158. The average Bonchev–Trinajstić information content (AvgIpc) is 2.97. The van der Waals surface area contributed by atoms with Gasteiger partial charge < -0.3 is 9.47 Å². The van der Waals surface area contributed by atoms with Crippen molar-refractivity contribution in [2.45, 2.75) is 4.90 Å². The van der Waals surface area contributed by atoms with Gasteiger partial charge in [-0.05, 0) is 24.3 Å². The predicted molar refractivity (Wildman–Crippen MR) is 100 cm³/mol. The van der Waals surface area contributed by atoms with Crippen LogP contribution >= 0.6 is 0 Å². The molecule has 7 heteroatoms. The van der Waals surface area contributed by atoms with Gasteiger partial charge in [-0.15, -0.1) is 0 Å². The molecule has 26 heavy (non-hydrogen) atoms. The van der Waals surface area contributed by atoms with Gasteiger partial charge in [0, 0.05) is 27.3 Å². The molecule has 0 amide bonds. The lowest BCUT2D eigenvalue weighted by Gasteiger charge is -2.12. The molecule has 0 N–H and O–H groups in total. The lowest BCUT2D eigenvalue weighted by Crippen LogP contribution is -2.20. The van der Waals surface area contributed by atoms with E-state index < -0.39 is 15.6 Å². The van der Waals surface area contributed by atoms with E-state index in [2.05, 4.69) is 4.98 Å². The Morgan fingerprint density at radius 1 is 1.04 bits per heavy atom. The van der Waals surface area contributed by atoms with E-state index >= 15 is 0 Å². The van der Waals surface area contributed by atoms with E-state index in [4.69, 9.17) is 0 Å². The summed E-state index contributed by atoms with van der Waals surface area (Å²) in [5, 5.41) is 0. The van der Waals surface area contributed by atoms with E-state index in [1.807, 2.05) is 18.2 Å².